The highest BCUT2D eigenvalue weighted by Gasteiger charge is 2.40. The molecule has 58 valence electrons. The molecule has 2 bridgehead atoms. The number of hydrogen-bond donors (Lipinski definition) is 2. The van der Waals surface area contributed by atoms with E-state index in [0.717, 1.165) is 0 Å². The first-order valence-electron chi connectivity index (χ1n) is 2.85. The Morgan fingerprint density at radius 3 is 1.55 bits per heavy atom. The molecule has 2 rings (SSSR count). The molecule has 5 heteroatoms. The van der Waals surface area contributed by atoms with Crippen molar-refractivity contribution in [2.45, 2.75) is 0 Å². The van der Waals surface area contributed by atoms with Crippen LogP contribution in [0.4, 0.5) is 0 Å². The Labute approximate surface area is 62.7 Å². The van der Waals surface area contributed by atoms with E-state index < -0.39 is 21.4 Å². The van der Waals surface area contributed by atoms with Crippen molar-refractivity contribution in [1.29, 1.82) is 0 Å². The predicted octanol–water partition coefficient (Wildman–Crippen LogP) is 0.524. The minimum atomic E-state index is -3.54. The SMILES string of the molecule is O=S1(=O)C2=C(O)C(O)=C1C=C2. The van der Waals surface area contributed by atoms with Gasteiger partial charge in [0.1, 0.15) is 9.81 Å². The summed E-state index contributed by atoms with van der Waals surface area (Å²) >= 11 is 0. The average Bonchev–Trinajstić information content (AvgIpc) is 2.27. The molecule has 4 nitrogen and oxygen atoms in total. The normalized spacial score (nSPS) is 25.5. The van der Waals surface area contributed by atoms with E-state index in [1.54, 1.807) is 0 Å². The Hall–Kier alpha value is -1.23. The van der Waals surface area contributed by atoms with Crippen LogP contribution in [-0.2, 0) is 9.84 Å². The highest BCUT2D eigenvalue weighted by Crippen LogP contribution is 2.39. The van der Waals surface area contributed by atoms with Crippen LogP contribution in [0.2, 0.25) is 0 Å². The van der Waals surface area contributed by atoms with Gasteiger partial charge in [0.15, 0.2) is 11.5 Å². The van der Waals surface area contributed by atoms with Gasteiger partial charge in [-0.25, -0.2) is 8.42 Å². The van der Waals surface area contributed by atoms with Gasteiger partial charge in [-0.05, 0) is 12.2 Å². The van der Waals surface area contributed by atoms with E-state index >= 15 is 0 Å². The number of allylic oxidation sites excluding steroid dienone is 2. The molecular formula is C6H4O4S. The molecule has 0 spiro atoms. The molecule has 0 saturated carbocycles. The lowest BCUT2D eigenvalue weighted by Gasteiger charge is -1.93. The molecular weight excluding hydrogens is 168 g/mol. The predicted molar refractivity (Wildman–Crippen MR) is 37.4 cm³/mol. The van der Waals surface area contributed by atoms with Crippen molar-refractivity contribution in [3.8, 4) is 0 Å². The van der Waals surface area contributed by atoms with E-state index in [1.165, 1.54) is 12.2 Å². The van der Waals surface area contributed by atoms with Crippen LogP contribution in [0.3, 0.4) is 0 Å². The summed E-state index contributed by atoms with van der Waals surface area (Å²) in [5, 5.41) is 17.9. The van der Waals surface area contributed by atoms with Gasteiger partial charge in [0.25, 0.3) is 0 Å². The number of sulfone groups is 1. The smallest absolute Gasteiger partial charge is 0.214 e. The first kappa shape index (κ1) is 6.48. The van der Waals surface area contributed by atoms with Gasteiger partial charge in [0.2, 0.25) is 9.84 Å². The maximum absolute atomic E-state index is 11.1. The average molecular weight is 172 g/mol. The largest absolute Gasteiger partial charge is 0.503 e. The van der Waals surface area contributed by atoms with Crippen LogP contribution >= 0.6 is 0 Å². The summed E-state index contributed by atoms with van der Waals surface area (Å²) in [6, 6.07) is 0. The molecule has 0 aromatic rings. The van der Waals surface area contributed by atoms with Crippen molar-refractivity contribution in [3.63, 3.8) is 0 Å². The second-order valence-corrected chi connectivity index (χ2v) is 4.15. The number of hydrogen-bond acceptors (Lipinski definition) is 4. The zero-order chi connectivity index (χ0) is 8.22. The van der Waals surface area contributed by atoms with Crippen LogP contribution in [0.15, 0.2) is 33.5 Å². The maximum Gasteiger partial charge on any atom is 0.214 e. The van der Waals surface area contributed by atoms with E-state index in [4.69, 9.17) is 10.2 Å². The minimum absolute atomic E-state index is 0.204. The molecule has 0 aliphatic carbocycles. The van der Waals surface area contributed by atoms with Crippen molar-refractivity contribution >= 4 is 9.84 Å². The first-order valence-corrected chi connectivity index (χ1v) is 4.33. The number of rotatable bonds is 0. The van der Waals surface area contributed by atoms with E-state index in [1.807, 2.05) is 0 Å². The van der Waals surface area contributed by atoms with Gasteiger partial charge in [-0.15, -0.1) is 0 Å². The Morgan fingerprint density at radius 1 is 1.00 bits per heavy atom. The topological polar surface area (TPSA) is 74.6 Å². The fourth-order valence-electron chi connectivity index (χ4n) is 1.09. The summed E-state index contributed by atoms with van der Waals surface area (Å²) in [7, 11) is -3.54. The lowest BCUT2D eigenvalue weighted by atomic mass is 10.2. The zero-order valence-corrected chi connectivity index (χ0v) is 6.09. The third-order valence-corrected chi connectivity index (χ3v) is 3.47. The second-order valence-electron chi connectivity index (χ2n) is 2.26. The molecule has 2 aliphatic heterocycles. The Bertz CT molecular complexity index is 387. The van der Waals surface area contributed by atoms with E-state index in [2.05, 4.69) is 0 Å². The highest BCUT2D eigenvalue weighted by atomic mass is 32.2. The van der Waals surface area contributed by atoms with Crippen molar-refractivity contribution < 1.29 is 18.6 Å². The Morgan fingerprint density at radius 2 is 1.36 bits per heavy atom. The Balaban J connectivity index is 2.93. The quantitative estimate of drug-likeness (QED) is 0.558. The molecule has 11 heavy (non-hydrogen) atoms. The van der Waals surface area contributed by atoms with Crippen molar-refractivity contribution in [1.82, 2.24) is 0 Å². The third-order valence-electron chi connectivity index (χ3n) is 1.66. The minimum Gasteiger partial charge on any atom is -0.503 e. The van der Waals surface area contributed by atoms with Gasteiger partial charge < -0.3 is 10.2 Å². The molecule has 0 saturated heterocycles. The van der Waals surface area contributed by atoms with Crippen LogP contribution in [0.1, 0.15) is 0 Å². The molecule has 0 unspecified atom stereocenters. The molecule has 2 heterocycles. The van der Waals surface area contributed by atoms with E-state index in [-0.39, 0.29) is 9.81 Å². The number of aliphatic hydroxyl groups is 2. The van der Waals surface area contributed by atoms with Crippen LogP contribution in [0.25, 0.3) is 0 Å². The monoisotopic (exact) mass is 172 g/mol. The molecule has 0 amide bonds. The number of fused-ring (bicyclic) bond motifs is 2. The molecule has 2 aliphatic rings. The standard InChI is InChI=1S/C6H4O4S/c7-5-3-1-2-4(6(5)8)11(3,9)10/h1-2,7-8H. The van der Waals surface area contributed by atoms with Crippen LogP contribution in [-0.4, -0.2) is 18.6 Å². The Kier molecular flexibility index (Phi) is 0.885. The highest BCUT2D eigenvalue weighted by molar-refractivity contribution is 8.00. The fourth-order valence-corrected chi connectivity index (χ4v) is 2.53. The summed E-state index contributed by atoms with van der Waals surface area (Å²) < 4.78 is 22.2. The zero-order valence-electron chi connectivity index (χ0n) is 5.27. The molecule has 2 N–H and O–H groups in total. The van der Waals surface area contributed by atoms with Crippen LogP contribution in [0.5, 0.6) is 0 Å². The molecule has 0 aromatic heterocycles. The van der Waals surface area contributed by atoms with Crippen molar-refractivity contribution in [2.75, 3.05) is 0 Å². The van der Waals surface area contributed by atoms with E-state index in [0.29, 0.717) is 0 Å². The van der Waals surface area contributed by atoms with Gasteiger partial charge in [0, 0.05) is 0 Å². The van der Waals surface area contributed by atoms with E-state index in [9.17, 15) is 8.42 Å². The van der Waals surface area contributed by atoms with Crippen molar-refractivity contribution in [2.24, 2.45) is 0 Å². The summed E-state index contributed by atoms with van der Waals surface area (Å²) in [5.74, 6) is -1.08. The van der Waals surface area contributed by atoms with Gasteiger partial charge in [-0.1, -0.05) is 0 Å². The molecule has 0 atom stereocenters. The van der Waals surface area contributed by atoms with Gasteiger partial charge in [0.05, 0.1) is 0 Å². The molecule has 0 fully saturated rings. The van der Waals surface area contributed by atoms with Gasteiger partial charge in [-0.2, -0.15) is 0 Å². The lowest BCUT2D eigenvalue weighted by Crippen LogP contribution is -1.93. The lowest BCUT2D eigenvalue weighted by molar-refractivity contribution is 0.326. The van der Waals surface area contributed by atoms with Gasteiger partial charge in [-0.3, -0.25) is 0 Å². The fraction of sp³-hybridized carbons (Fsp3) is 0. The van der Waals surface area contributed by atoms with Gasteiger partial charge >= 0.3 is 0 Å². The van der Waals surface area contributed by atoms with Crippen LogP contribution < -0.4 is 0 Å². The summed E-state index contributed by atoms with van der Waals surface area (Å²) in [5.41, 5.74) is 0. The van der Waals surface area contributed by atoms with Crippen LogP contribution in [0, 0.1) is 0 Å². The van der Waals surface area contributed by atoms with Crippen molar-refractivity contribution in [3.05, 3.63) is 33.5 Å². The number of aliphatic hydroxyl groups excluding tert-OH is 2. The molecule has 0 radical (unpaired) electrons. The summed E-state index contributed by atoms with van der Waals surface area (Å²) in [6.07, 6.45) is 2.53. The third kappa shape index (κ3) is 0.521. The molecule has 0 aromatic carbocycles. The summed E-state index contributed by atoms with van der Waals surface area (Å²) in [6.45, 7) is 0. The first-order chi connectivity index (χ1) is 5.05. The second kappa shape index (κ2) is 1.50. The summed E-state index contributed by atoms with van der Waals surface area (Å²) in [4.78, 5) is -0.407. The maximum atomic E-state index is 11.1.